The zero-order valence-corrected chi connectivity index (χ0v) is 14.4. The topological polar surface area (TPSA) is 80.4 Å². The molecule has 0 aliphatic carbocycles. The monoisotopic (exact) mass is 332 g/mol. The van der Waals surface area contributed by atoms with E-state index in [2.05, 4.69) is 17.2 Å². The molecule has 0 unspecified atom stereocenters. The summed E-state index contributed by atoms with van der Waals surface area (Å²) < 4.78 is 11.2. The van der Waals surface area contributed by atoms with Gasteiger partial charge in [-0.3, -0.25) is 9.59 Å². The smallest absolute Gasteiger partial charge is 0.261 e. The van der Waals surface area contributed by atoms with E-state index < -0.39 is 5.56 Å². The fourth-order valence-electron chi connectivity index (χ4n) is 2.48. The Morgan fingerprint density at radius 2 is 2.04 bits per heavy atom. The zero-order chi connectivity index (χ0) is 17.5. The lowest BCUT2D eigenvalue weighted by Gasteiger charge is -2.13. The Bertz CT molecular complexity index is 767. The number of ether oxygens (including phenoxy) is 2. The first-order valence-corrected chi connectivity index (χ1v) is 8.27. The van der Waals surface area contributed by atoms with Gasteiger partial charge >= 0.3 is 0 Å². The molecular weight excluding hydrogens is 308 g/mol. The zero-order valence-electron chi connectivity index (χ0n) is 14.4. The van der Waals surface area contributed by atoms with Crippen LogP contribution in [0.5, 0.6) is 11.5 Å². The Hall–Kier alpha value is -2.50. The van der Waals surface area contributed by atoms with Gasteiger partial charge in [0.05, 0.1) is 19.2 Å². The van der Waals surface area contributed by atoms with Gasteiger partial charge in [-0.15, -0.1) is 0 Å². The summed E-state index contributed by atoms with van der Waals surface area (Å²) in [6.07, 6.45) is 3.10. The number of hydrogen-bond donors (Lipinski definition) is 2. The summed E-state index contributed by atoms with van der Waals surface area (Å²) >= 11 is 0. The van der Waals surface area contributed by atoms with Crippen LogP contribution < -0.4 is 20.3 Å². The van der Waals surface area contributed by atoms with Gasteiger partial charge in [0.15, 0.2) is 11.5 Å². The number of carbonyl (C=O) groups is 1. The Labute approximate surface area is 141 Å². The third kappa shape index (κ3) is 3.88. The second-order valence-electron chi connectivity index (χ2n) is 5.49. The number of amides is 1. The summed E-state index contributed by atoms with van der Waals surface area (Å²) in [6, 6.07) is 5.15. The number of hydrogen-bond acceptors (Lipinski definition) is 4. The van der Waals surface area contributed by atoms with Crippen LogP contribution in [0.4, 0.5) is 0 Å². The van der Waals surface area contributed by atoms with E-state index in [9.17, 15) is 9.59 Å². The first kappa shape index (κ1) is 17.8. The standard InChI is InChI=1S/C18H24N2O4/c1-4-6-7-10-24-16-14(23-3)9-8-12-11-13(17(21)19-5-2)18(22)20-15(12)16/h8-9,11H,4-7,10H2,1-3H3,(H,19,21)(H,20,22). The molecule has 0 atom stereocenters. The minimum absolute atomic E-state index is 0.0893. The molecule has 0 aliphatic rings. The Morgan fingerprint density at radius 3 is 2.71 bits per heavy atom. The number of nitrogens with one attached hydrogen (secondary N) is 2. The molecule has 1 amide bonds. The van der Waals surface area contributed by atoms with Crippen LogP contribution in [-0.2, 0) is 0 Å². The van der Waals surface area contributed by atoms with Gasteiger partial charge < -0.3 is 19.8 Å². The maximum Gasteiger partial charge on any atom is 0.261 e. The van der Waals surface area contributed by atoms with Crippen LogP contribution in [0.25, 0.3) is 10.9 Å². The number of H-pyrrole nitrogens is 1. The second-order valence-corrected chi connectivity index (χ2v) is 5.49. The molecular formula is C18H24N2O4. The Morgan fingerprint density at radius 1 is 1.25 bits per heavy atom. The van der Waals surface area contributed by atoms with Crippen molar-refractivity contribution in [2.45, 2.75) is 33.1 Å². The summed E-state index contributed by atoms with van der Waals surface area (Å²) in [5.74, 6) is 0.674. The molecule has 0 aliphatic heterocycles. The van der Waals surface area contributed by atoms with Crippen LogP contribution in [-0.4, -0.2) is 31.2 Å². The molecule has 0 bridgehead atoms. The van der Waals surface area contributed by atoms with E-state index in [1.54, 1.807) is 32.2 Å². The van der Waals surface area contributed by atoms with E-state index in [1.165, 1.54) is 0 Å². The van der Waals surface area contributed by atoms with E-state index in [1.807, 2.05) is 0 Å². The lowest BCUT2D eigenvalue weighted by atomic mass is 10.1. The van der Waals surface area contributed by atoms with Gasteiger partial charge in [-0.05, 0) is 31.5 Å². The van der Waals surface area contributed by atoms with Crippen molar-refractivity contribution >= 4 is 16.8 Å². The van der Waals surface area contributed by atoms with Crippen LogP contribution >= 0.6 is 0 Å². The largest absolute Gasteiger partial charge is 0.493 e. The molecule has 0 fully saturated rings. The molecule has 6 nitrogen and oxygen atoms in total. The number of fused-ring (bicyclic) bond motifs is 1. The van der Waals surface area contributed by atoms with Crippen molar-refractivity contribution in [1.29, 1.82) is 0 Å². The SMILES string of the molecule is CCCCCOc1c(OC)ccc2cc(C(=O)NCC)c(=O)[nH]c12. The van der Waals surface area contributed by atoms with Gasteiger partial charge in [0.25, 0.3) is 11.5 Å². The highest BCUT2D eigenvalue weighted by Crippen LogP contribution is 2.34. The number of benzene rings is 1. The van der Waals surface area contributed by atoms with Gasteiger partial charge in [0.1, 0.15) is 5.56 Å². The second kappa shape index (κ2) is 8.38. The van der Waals surface area contributed by atoms with Crippen molar-refractivity contribution in [3.05, 3.63) is 34.1 Å². The lowest BCUT2D eigenvalue weighted by Crippen LogP contribution is -2.29. The fourth-order valence-corrected chi connectivity index (χ4v) is 2.48. The maximum absolute atomic E-state index is 12.3. The molecule has 130 valence electrons. The highest BCUT2D eigenvalue weighted by molar-refractivity contribution is 5.98. The maximum atomic E-state index is 12.3. The van der Waals surface area contributed by atoms with Gasteiger partial charge in [-0.2, -0.15) is 0 Å². The highest BCUT2D eigenvalue weighted by atomic mass is 16.5. The minimum atomic E-state index is -0.444. The van der Waals surface area contributed by atoms with E-state index >= 15 is 0 Å². The Balaban J connectivity index is 2.45. The lowest BCUT2D eigenvalue weighted by molar-refractivity contribution is 0.0954. The van der Waals surface area contributed by atoms with Crippen LogP contribution in [0, 0.1) is 0 Å². The Kier molecular flexibility index (Phi) is 6.23. The van der Waals surface area contributed by atoms with Crippen LogP contribution in [0.15, 0.2) is 23.0 Å². The molecule has 0 saturated carbocycles. The first-order chi connectivity index (χ1) is 11.6. The first-order valence-electron chi connectivity index (χ1n) is 8.27. The van der Waals surface area contributed by atoms with Crippen molar-refractivity contribution in [2.24, 2.45) is 0 Å². The quantitative estimate of drug-likeness (QED) is 0.729. The van der Waals surface area contributed by atoms with E-state index in [4.69, 9.17) is 9.47 Å². The normalized spacial score (nSPS) is 10.6. The molecule has 1 aromatic heterocycles. The molecule has 2 N–H and O–H groups in total. The third-order valence-corrected chi connectivity index (χ3v) is 3.73. The number of methoxy groups -OCH3 is 1. The fraction of sp³-hybridized carbons (Fsp3) is 0.444. The summed E-state index contributed by atoms with van der Waals surface area (Å²) in [5, 5.41) is 3.36. The number of aromatic amines is 1. The van der Waals surface area contributed by atoms with Crippen molar-refractivity contribution in [3.63, 3.8) is 0 Å². The number of carbonyl (C=O) groups excluding carboxylic acids is 1. The highest BCUT2D eigenvalue weighted by Gasteiger charge is 2.16. The van der Waals surface area contributed by atoms with Crippen molar-refractivity contribution < 1.29 is 14.3 Å². The predicted molar refractivity (Wildman–Crippen MR) is 94.1 cm³/mol. The summed E-state index contributed by atoms with van der Waals surface area (Å²) in [4.78, 5) is 27.0. The third-order valence-electron chi connectivity index (χ3n) is 3.73. The van der Waals surface area contributed by atoms with E-state index in [0.717, 1.165) is 24.6 Å². The van der Waals surface area contributed by atoms with Crippen LogP contribution in [0.3, 0.4) is 0 Å². The molecule has 24 heavy (non-hydrogen) atoms. The van der Waals surface area contributed by atoms with E-state index in [0.29, 0.717) is 30.2 Å². The molecule has 0 spiro atoms. The molecule has 6 heteroatoms. The average molecular weight is 332 g/mol. The summed E-state index contributed by atoms with van der Waals surface area (Å²) in [6.45, 7) is 4.94. The average Bonchev–Trinajstić information content (AvgIpc) is 2.58. The number of pyridine rings is 1. The van der Waals surface area contributed by atoms with Crippen molar-refractivity contribution in [1.82, 2.24) is 10.3 Å². The summed E-state index contributed by atoms with van der Waals surface area (Å²) in [5.41, 5.74) is 0.190. The molecule has 1 heterocycles. The minimum Gasteiger partial charge on any atom is -0.493 e. The molecule has 0 radical (unpaired) electrons. The van der Waals surface area contributed by atoms with Gasteiger partial charge in [0, 0.05) is 11.9 Å². The van der Waals surface area contributed by atoms with Gasteiger partial charge in [0.2, 0.25) is 0 Å². The van der Waals surface area contributed by atoms with Crippen molar-refractivity contribution in [2.75, 3.05) is 20.3 Å². The molecule has 1 aromatic carbocycles. The predicted octanol–water partition coefficient (Wildman–Crippen LogP) is 2.86. The molecule has 0 saturated heterocycles. The van der Waals surface area contributed by atoms with E-state index in [-0.39, 0.29) is 11.5 Å². The number of rotatable bonds is 8. The van der Waals surface area contributed by atoms with Crippen molar-refractivity contribution in [3.8, 4) is 11.5 Å². The van der Waals surface area contributed by atoms with Crippen LogP contribution in [0.2, 0.25) is 0 Å². The number of unbranched alkanes of at least 4 members (excludes halogenated alkanes) is 2. The molecule has 2 rings (SSSR count). The van der Waals surface area contributed by atoms with Crippen LogP contribution in [0.1, 0.15) is 43.5 Å². The van der Waals surface area contributed by atoms with Gasteiger partial charge in [-0.25, -0.2) is 0 Å². The number of aromatic nitrogens is 1. The molecule has 2 aromatic rings. The summed E-state index contributed by atoms with van der Waals surface area (Å²) in [7, 11) is 1.56. The van der Waals surface area contributed by atoms with Gasteiger partial charge in [-0.1, -0.05) is 19.8 Å².